The van der Waals surface area contributed by atoms with Crippen molar-refractivity contribution < 1.29 is 4.52 Å². The minimum absolute atomic E-state index is 0.541. The smallest absolute Gasteiger partial charge is 0.261 e. The number of anilines is 1. The molecule has 2 aromatic heterocycles. The summed E-state index contributed by atoms with van der Waals surface area (Å²) in [4.78, 5) is 5.65. The average molecular weight is 297 g/mol. The largest absolute Gasteiger partial charge is 0.390 e. The van der Waals surface area contributed by atoms with Crippen molar-refractivity contribution in [2.75, 3.05) is 5.73 Å². The first-order chi connectivity index (χ1) is 9.02. The van der Waals surface area contributed by atoms with Crippen LogP contribution in [0.4, 0.5) is 5.00 Å². The summed E-state index contributed by atoms with van der Waals surface area (Å²) in [5.41, 5.74) is 8.04. The number of thiophene rings is 1. The van der Waals surface area contributed by atoms with Gasteiger partial charge in [-0.1, -0.05) is 19.0 Å². The summed E-state index contributed by atoms with van der Waals surface area (Å²) in [7, 11) is 0. The summed E-state index contributed by atoms with van der Waals surface area (Å²) < 4.78 is 5.34. The Morgan fingerprint density at radius 1 is 1.42 bits per heavy atom. The monoisotopic (exact) mass is 297 g/mol. The molecule has 2 aromatic rings. The fourth-order valence-electron chi connectivity index (χ4n) is 1.67. The van der Waals surface area contributed by atoms with E-state index in [1.165, 1.54) is 4.88 Å². The third-order valence-corrected chi connectivity index (χ3v) is 5.53. The minimum Gasteiger partial charge on any atom is -0.390 e. The Balaban J connectivity index is 2.17. The molecule has 0 fully saturated rings. The number of nitrogen functional groups attached to an aromatic ring is 1. The zero-order valence-corrected chi connectivity index (χ0v) is 13.3. The molecular weight excluding hydrogens is 278 g/mol. The molecule has 2 N–H and O–H groups in total. The van der Waals surface area contributed by atoms with Gasteiger partial charge < -0.3 is 10.3 Å². The second-order valence-electron chi connectivity index (χ2n) is 4.57. The van der Waals surface area contributed by atoms with Gasteiger partial charge in [0.15, 0.2) is 5.82 Å². The predicted octanol–water partition coefficient (Wildman–Crippen LogP) is 4.03. The summed E-state index contributed by atoms with van der Waals surface area (Å²) in [6, 6.07) is 0. The van der Waals surface area contributed by atoms with Crippen LogP contribution in [0.2, 0.25) is 0 Å². The standard InChI is InChI=1S/C13H19N3OS2/c1-5-7(2)18-6-10-15-13(17-16-10)11-8(3)9(4)19-12(11)14/h7H,5-6,14H2,1-4H3. The van der Waals surface area contributed by atoms with E-state index in [9.17, 15) is 0 Å². The quantitative estimate of drug-likeness (QED) is 0.902. The lowest BCUT2D eigenvalue weighted by atomic mass is 10.1. The first-order valence-electron chi connectivity index (χ1n) is 6.33. The first kappa shape index (κ1) is 14.4. The number of nitrogens with zero attached hydrogens (tertiary/aromatic N) is 2. The lowest BCUT2D eigenvalue weighted by molar-refractivity contribution is 0.425. The van der Waals surface area contributed by atoms with Gasteiger partial charge in [-0.2, -0.15) is 16.7 Å². The van der Waals surface area contributed by atoms with Crippen LogP contribution in [-0.2, 0) is 5.75 Å². The Hall–Kier alpha value is -1.01. The minimum atomic E-state index is 0.541. The van der Waals surface area contributed by atoms with Crippen LogP contribution in [0.25, 0.3) is 11.5 Å². The lowest BCUT2D eigenvalue weighted by Crippen LogP contribution is -1.95. The van der Waals surface area contributed by atoms with Crippen molar-refractivity contribution in [1.29, 1.82) is 0 Å². The highest BCUT2D eigenvalue weighted by atomic mass is 32.2. The lowest BCUT2D eigenvalue weighted by Gasteiger charge is -2.04. The van der Waals surface area contributed by atoms with E-state index in [2.05, 4.69) is 30.9 Å². The van der Waals surface area contributed by atoms with Crippen molar-refractivity contribution in [2.45, 2.75) is 45.1 Å². The SMILES string of the molecule is CCC(C)SCc1noc(-c2c(N)sc(C)c2C)n1. The molecule has 2 rings (SSSR count). The summed E-state index contributed by atoms with van der Waals surface area (Å²) in [5, 5.41) is 5.39. The summed E-state index contributed by atoms with van der Waals surface area (Å²) >= 11 is 3.40. The molecule has 4 nitrogen and oxygen atoms in total. The molecule has 104 valence electrons. The summed E-state index contributed by atoms with van der Waals surface area (Å²) in [6.45, 7) is 8.47. The number of hydrogen-bond donors (Lipinski definition) is 1. The fourth-order valence-corrected chi connectivity index (χ4v) is 3.38. The molecule has 19 heavy (non-hydrogen) atoms. The van der Waals surface area contributed by atoms with Crippen molar-refractivity contribution in [3.05, 3.63) is 16.3 Å². The molecule has 2 heterocycles. The molecule has 0 aliphatic carbocycles. The van der Waals surface area contributed by atoms with Gasteiger partial charge in [-0.15, -0.1) is 11.3 Å². The van der Waals surface area contributed by atoms with Gasteiger partial charge in [0.25, 0.3) is 5.89 Å². The average Bonchev–Trinajstić information content (AvgIpc) is 2.92. The Morgan fingerprint density at radius 3 is 2.74 bits per heavy atom. The highest BCUT2D eigenvalue weighted by molar-refractivity contribution is 7.99. The van der Waals surface area contributed by atoms with E-state index in [1.807, 2.05) is 18.7 Å². The highest BCUT2D eigenvalue weighted by Crippen LogP contribution is 2.37. The molecule has 6 heteroatoms. The Bertz CT molecular complexity index is 562. The van der Waals surface area contributed by atoms with Crippen LogP contribution in [0.3, 0.4) is 0 Å². The molecule has 0 radical (unpaired) electrons. The maximum absolute atomic E-state index is 6.01. The van der Waals surface area contributed by atoms with Crippen LogP contribution in [0.1, 0.15) is 36.5 Å². The van der Waals surface area contributed by atoms with Gasteiger partial charge >= 0.3 is 0 Å². The predicted molar refractivity (Wildman–Crippen MR) is 82.5 cm³/mol. The van der Waals surface area contributed by atoms with Crippen LogP contribution in [0.15, 0.2) is 4.52 Å². The maximum Gasteiger partial charge on any atom is 0.261 e. The van der Waals surface area contributed by atoms with Crippen LogP contribution in [0, 0.1) is 13.8 Å². The Morgan fingerprint density at radius 2 is 2.16 bits per heavy atom. The van der Waals surface area contributed by atoms with Gasteiger partial charge in [0.1, 0.15) is 0 Å². The second kappa shape index (κ2) is 5.96. The molecule has 1 atom stereocenters. The second-order valence-corrected chi connectivity index (χ2v) is 7.25. The van der Waals surface area contributed by atoms with Crippen LogP contribution in [0.5, 0.6) is 0 Å². The van der Waals surface area contributed by atoms with Crippen molar-refractivity contribution in [3.63, 3.8) is 0 Å². The highest BCUT2D eigenvalue weighted by Gasteiger charge is 2.18. The van der Waals surface area contributed by atoms with E-state index in [0.717, 1.165) is 34.1 Å². The normalized spacial score (nSPS) is 12.8. The van der Waals surface area contributed by atoms with Gasteiger partial charge in [0.05, 0.1) is 16.3 Å². The van der Waals surface area contributed by atoms with Gasteiger partial charge in [-0.05, 0) is 25.8 Å². The van der Waals surface area contributed by atoms with Crippen LogP contribution >= 0.6 is 23.1 Å². The van der Waals surface area contributed by atoms with Crippen molar-refractivity contribution in [3.8, 4) is 11.5 Å². The third-order valence-electron chi connectivity index (χ3n) is 3.17. The van der Waals surface area contributed by atoms with Gasteiger partial charge in [0.2, 0.25) is 0 Å². The molecule has 0 aliphatic rings. The number of hydrogen-bond acceptors (Lipinski definition) is 6. The van der Waals surface area contributed by atoms with E-state index in [0.29, 0.717) is 11.1 Å². The van der Waals surface area contributed by atoms with E-state index in [-0.39, 0.29) is 0 Å². The molecule has 0 saturated heterocycles. The number of aryl methyl sites for hydroxylation is 1. The van der Waals surface area contributed by atoms with Gasteiger partial charge in [-0.25, -0.2) is 0 Å². The molecule has 0 aromatic carbocycles. The van der Waals surface area contributed by atoms with E-state index < -0.39 is 0 Å². The van der Waals surface area contributed by atoms with Crippen LogP contribution < -0.4 is 5.73 Å². The summed E-state index contributed by atoms with van der Waals surface area (Å²) in [5.74, 6) is 2.06. The molecule has 0 spiro atoms. The third kappa shape index (κ3) is 3.12. The van der Waals surface area contributed by atoms with Crippen molar-refractivity contribution in [2.24, 2.45) is 0 Å². The number of aromatic nitrogens is 2. The molecule has 0 saturated carbocycles. The topological polar surface area (TPSA) is 64.9 Å². The maximum atomic E-state index is 6.01. The van der Waals surface area contributed by atoms with E-state index in [1.54, 1.807) is 11.3 Å². The number of nitrogens with two attached hydrogens (primary N) is 1. The molecule has 1 unspecified atom stereocenters. The molecule has 0 amide bonds. The first-order valence-corrected chi connectivity index (χ1v) is 8.19. The van der Waals surface area contributed by atoms with Crippen LogP contribution in [-0.4, -0.2) is 15.4 Å². The Labute approximate surface area is 121 Å². The molecular formula is C13H19N3OS2. The number of thioether (sulfide) groups is 1. The van der Waals surface area contributed by atoms with Gasteiger partial charge in [0, 0.05) is 10.1 Å². The van der Waals surface area contributed by atoms with Crippen molar-refractivity contribution in [1.82, 2.24) is 10.1 Å². The molecule has 0 aliphatic heterocycles. The van der Waals surface area contributed by atoms with E-state index in [4.69, 9.17) is 10.3 Å². The van der Waals surface area contributed by atoms with Crippen molar-refractivity contribution >= 4 is 28.1 Å². The zero-order chi connectivity index (χ0) is 14.0. The fraction of sp³-hybridized carbons (Fsp3) is 0.538. The van der Waals surface area contributed by atoms with Gasteiger partial charge in [-0.3, -0.25) is 0 Å². The molecule has 0 bridgehead atoms. The Kier molecular flexibility index (Phi) is 4.52. The van der Waals surface area contributed by atoms with E-state index >= 15 is 0 Å². The zero-order valence-electron chi connectivity index (χ0n) is 11.7. The number of rotatable bonds is 5. The summed E-state index contributed by atoms with van der Waals surface area (Å²) in [6.07, 6.45) is 1.14.